The van der Waals surface area contributed by atoms with Crippen LogP contribution in [0.1, 0.15) is 44.6 Å². The monoisotopic (exact) mass is 579 g/mol. The quantitative estimate of drug-likeness (QED) is 0.432. The molecule has 0 spiro atoms. The minimum Gasteiger partial charge on any atom is -0.497 e. The summed E-state index contributed by atoms with van der Waals surface area (Å²) in [5.74, 6) is -0.0470. The number of rotatable bonds is 11. The van der Waals surface area contributed by atoms with E-state index in [1.807, 2.05) is 25.1 Å². The van der Waals surface area contributed by atoms with Crippen LogP contribution in [0.5, 0.6) is 5.75 Å². The van der Waals surface area contributed by atoms with Gasteiger partial charge in [-0.2, -0.15) is 0 Å². The lowest BCUT2D eigenvalue weighted by Crippen LogP contribution is -2.53. The summed E-state index contributed by atoms with van der Waals surface area (Å²) < 4.78 is 32.4. The zero-order chi connectivity index (χ0) is 26.3. The lowest BCUT2D eigenvalue weighted by atomic mass is 10.1. The SMILES string of the molecule is CC[C@H](C(=O)NC1CCCC1)N(Cc1cccc(OC)c1)C(=O)CN(c1ccccc1Br)S(C)(=O)=O. The molecule has 1 N–H and O–H groups in total. The van der Waals surface area contributed by atoms with Gasteiger partial charge in [0.05, 0.1) is 19.1 Å². The molecule has 36 heavy (non-hydrogen) atoms. The molecule has 1 aliphatic rings. The molecule has 10 heteroatoms. The Hall–Kier alpha value is -2.59. The molecule has 2 amide bonds. The van der Waals surface area contributed by atoms with Gasteiger partial charge in [0.15, 0.2) is 0 Å². The number of anilines is 1. The summed E-state index contributed by atoms with van der Waals surface area (Å²) in [5, 5.41) is 3.10. The lowest BCUT2D eigenvalue weighted by molar-refractivity contribution is -0.140. The van der Waals surface area contributed by atoms with Gasteiger partial charge in [0.25, 0.3) is 0 Å². The van der Waals surface area contributed by atoms with Crippen molar-refractivity contribution in [2.75, 3.05) is 24.2 Å². The highest BCUT2D eigenvalue weighted by atomic mass is 79.9. The molecule has 196 valence electrons. The van der Waals surface area contributed by atoms with Gasteiger partial charge in [-0.3, -0.25) is 13.9 Å². The van der Waals surface area contributed by atoms with Gasteiger partial charge < -0.3 is 15.0 Å². The van der Waals surface area contributed by atoms with Gasteiger partial charge in [0, 0.05) is 17.1 Å². The minimum absolute atomic E-state index is 0.105. The fraction of sp³-hybridized carbons (Fsp3) is 0.462. The molecule has 3 rings (SSSR count). The van der Waals surface area contributed by atoms with Crippen LogP contribution < -0.4 is 14.4 Å². The third kappa shape index (κ3) is 7.22. The van der Waals surface area contributed by atoms with Crippen LogP contribution in [-0.2, 0) is 26.2 Å². The van der Waals surface area contributed by atoms with Crippen LogP contribution in [0, 0.1) is 0 Å². The largest absolute Gasteiger partial charge is 0.497 e. The minimum atomic E-state index is -3.79. The predicted molar refractivity (Wildman–Crippen MR) is 144 cm³/mol. The van der Waals surface area contributed by atoms with Crippen molar-refractivity contribution < 1.29 is 22.7 Å². The number of ether oxygens (including phenoxy) is 1. The highest BCUT2D eigenvalue weighted by molar-refractivity contribution is 9.10. The van der Waals surface area contributed by atoms with Gasteiger partial charge in [-0.1, -0.05) is 44.0 Å². The Morgan fingerprint density at radius 3 is 2.44 bits per heavy atom. The molecule has 0 unspecified atom stereocenters. The number of benzene rings is 2. The number of halogens is 1. The molecule has 2 aromatic carbocycles. The number of hydrogen-bond donors (Lipinski definition) is 1. The first-order chi connectivity index (χ1) is 17.1. The van der Waals surface area contributed by atoms with E-state index in [-0.39, 0.29) is 18.5 Å². The maximum atomic E-state index is 13.8. The molecule has 8 nitrogen and oxygen atoms in total. The van der Waals surface area contributed by atoms with E-state index in [0.717, 1.165) is 41.8 Å². The number of amides is 2. The van der Waals surface area contributed by atoms with E-state index >= 15 is 0 Å². The average Bonchev–Trinajstić information content (AvgIpc) is 3.35. The third-order valence-corrected chi connectivity index (χ3v) is 8.17. The smallest absolute Gasteiger partial charge is 0.244 e. The molecule has 1 atom stereocenters. The maximum Gasteiger partial charge on any atom is 0.244 e. The van der Waals surface area contributed by atoms with E-state index in [4.69, 9.17) is 4.74 Å². The second kappa shape index (κ2) is 12.6. The zero-order valence-corrected chi connectivity index (χ0v) is 23.3. The van der Waals surface area contributed by atoms with E-state index in [2.05, 4.69) is 21.2 Å². The van der Waals surface area contributed by atoms with Crippen molar-refractivity contribution in [2.45, 2.75) is 57.7 Å². The fourth-order valence-corrected chi connectivity index (χ4v) is 5.98. The van der Waals surface area contributed by atoms with Gasteiger partial charge in [-0.15, -0.1) is 0 Å². The van der Waals surface area contributed by atoms with Gasteiger partial charge in [-0.05, 0) is 65.0 Å². The van der Waals surface area contributed by atoms with E-state index in [1.54, 1.807) is 37.4 Å². The number of carbonyl (C=O) groups excluding carboxylic acids is 2. The fourth-order valence-electron chi connectivity index (χ4n) is 4.50. The second-order valence-electron chi connectivity index (χ2n) is 9.01. The normalized spacial score (nSPS) is 14.8. The van der Waals surface area contributed by atoms with Crippen molar-refractivity contribution in [1.82, 2.24) is 10.2 Å². The van der Waals surface area contributed by atoms with Crippen molar-refractivity contribution in [3.63, 3.8) is 0 Å². The van der Waals surface area contributed by atoms with Crippen LogP contribution in [0.15, 0.2) is 53.0 Å². The number of nitrogens with one attached hydrogen (secondary N) is 1. The van der Waals surface area contributed by atoms with Crippen molar-refractivity contribution >= 4 is 43.5 Å². The average molecular weight is 581 g/mol. The summed E-state index contributed by atoms with van der Waals surface area (Å²) in [4.78, 5) is 28.6. The first kappa shape index (κ1) is 28.0. The molecular formula is C26H34BrN3O5S. The Bertz CT molecular complexity index is 1170. The number of sulfonamides is 1. The molecular weight excluding hydrogens is 546 g/mol. The third-order valence-electron chi connectivity index (χ3n) is 6.37. The topological polar surface area (TPSA) is 96.0 Å². The van der Waals surface area contributed by atoms with Crippen LogP contribution in [-0.4, -0.2) is 57.1 Å². The standard InChI is InChI=1S/C26H34BrN3O5S/c1-4-23(26(32)28-20-11-5-6-12-20)29(17-19-10-9-13-21(16-19)35-2)25(31)18-30(36(3,33)34)24-15-8-7-14-22(24)27/h7-10,13-16,20,23H,4-6,11-12,17-18H2,1-3H3,(H,28,32)/t23-/m1/s1. The van der Waals surface area contributed by atoms with Crippen LogP contribution >= 0.6 is 15.9 Å². The van der Waals surface area contributed by atoms with Crippen molar-refractivity contribution in [3.05, 3.63) is 58.6 Å². The number of carbonyl (C=O) groups is 2. The summed E-state index contributed by atoms with van der Waals surface area (Å²) in [7, 11) is -2.23. The first-order valence-electron chi connectivity index (χ1n) is 12.1. The summed E-state index contributed by atoms with van der Waals surface area (Å²) in [5.41, 5.74) is 1.14. The van der Waals surface area contributed by atoms with E-state index in [1.165, 1.54) is 4.90 Å². The van der Waals surface area contributed by atoms with Crippen LogP contribution in [0.2, 0.25) is 0 Å². The summed E-state index contributed by atoms with van der Waals surface area (Å²) in [6.07, 6.45) is 5.46. The molecule has 2 aromatic rings. The van der Waals surface area contributed by atoms with Crippen LogP contribution in [0.3, 0.4) is 0 Å². The number of nitrogens with zero attached hydrogens (tertiary/aromatic N) is 2. The Labute approximate surface area is 222 Å². The first-order valence-corrected chi connectivity index (χ1v) is 14.7. The zero-order valence-electron chi connectivity index (χ0n) is 20.9. The highest BCUT2D eigenvalue weighted by Gasteiger charge is 2.33. The maximum absolute atomic E-state index is 13.8. The lowest BCUT2D eigenvalue weighted by Gasteiger charge is -2.33. The number of para-hydroxylation sites is 1. The summed E-state index contributed by atoms with van der Waals surface area (Å²) >= 11 is 3.39. The Kier molecular flexibility index (Phi) is 9.78. The van der Waals surface area contributed by atoms with Crippen molar-refractivity contribution in [1.29, 1.82) is 0 Å². The van der Waals surface area contributed by atoms with Crippen LogP contribution in [0.25, 0.3) is 0 Å². The Morgan fingerprint density at radius 2 is 1.83 bits per heavy atom. The van der Waals surface area contributed by atoms with Crippen molar-refractivity contribution in [2.24, 2.45) is 0 Å². The molecule has 1 saturated carbocycles. The number of hydrogen-bond acceptors (Lipinski definition) is 5. The van der Waals surface area contributed by atoms with Gasteiger partial charge in [0.1, 0.15) is 18.3 Å². The molecule has 0 saturated heterocycles. The van der Waals surface area contributed by atoms with Gasteiger partial charge in [0.2, 0.25) is 21.8 Å². The number of methoxy groups -OCH3 is 1. The Balaban J connectivity index is 1.94. The molecule has 0 aromatic heterocycles. The van der Waals surface area contributed by atoms with Gasteiger partial charge in [-0.25, -0.2) is 8.42 Å². The summed E-state index contributed by atoms with van der Waals surface area (Å²) in [6.45, 7) is 1.56. The molecule has 0 heterocycles. The summed E-state index contributed by atoms with van der Waals surface area (Å²) in [6, 6.07) is 13.5. The van der Waals surface area contributed by atoms with Gasteiger partial charge >= 0.3 is 0 Å². The molecule has 0 bridgehead atoms. The Morgan fingerprint density at radius 1 is 1.14 bits per heavy atom. The predicted octanol–water partition coefficient (Wildman–Crippen LogP) is 4.09. The second-order valence-corrected chi connectivity index (χ2v) is 11.8. The van der Waals surface area contributed by atoms with E-state index < -0.39 is 28.5 Å². The molecule has 0 aliphatic heterocycles. The molecule has 1 aliphatic carbocycles. The molecule has 1 fully saturated rings. The molecule has 0 radical (unpaired) electrons. The van der Waals surface area contributed by atoms with E-state index in [9.17, 15) is 18.0 Å². The van der Waals surface area contributed by atoms with Crippen molar-refractivity contribution in [3.8, 4) is 5.75 Å². The highest BCUT2D eigenvalue weighted by Crippen LogP contribution is 2.28. The van der Waals surface area contributed by atoms with Crippen LogP contribution in [0.4, 0.5) is 5.69 Å². The van der Waals surface area contributed by atoms with E-state index in [0.29, 0.717) is 22.3 Å².